The molecule has 0 spiro atoms. The highest BCUT2D eigenvalue weighted by Gasteiger charge is 2.45. The second-order valence-corrected chi connectivity index (χ2v) is 9.78. The molecular weight excluding hydrogens is 466 g/mol. The van der Waals surface area contributed by atoms with Gasteiger partial charge in [-0.3, -0.25) is 4.79 Å². The Balaban J connectivity index is 1.47. The van der Waals surface area contributed by atoms with Crippen LogP contribution in [0, 0.1) is 0 Å². The number of nitrogens with one attached hydrogen (secondary N) is 1. The van der Waals surface area contributed by atoms with E-state index >= 15 is 0 Å². The van der Waals surface area contributed by atoms with Crippen molar-refractivity contribution in [3.05, 3.63) is 50.8 Å². The van der Waals surface area contributed by atoms with E-state index in [1.165, 1.54) is 0 Å². The van der Waals surface area contributed by atoms with Crippen LogP contribution in [0.5, 0.6) is 11.5 Å². The Kier molecular flexibility index (Phi) is 4.55. The summed E-state index contributed by atoms with van der Waals surface area (Å²) in [5.74, 6) is 0.594. The van der Waals surface area contributed by atoms with Gasteiger partial charge in [0.25, 0.3) is 5.56 Å². The van der Waals surface area contributed by atoms with Gasteiger partial charge in [0.1, 0.15) is 18.1 Å². The van der Waals surface area contributed by atoms with Crippen molar-refractivity contribution in [1.82, 2.24) is 14.9 Å². The van der Waals surface area contributed by atoms with Crippen LogP contribution in [0.3, 0.4) is 0 Å². The molecule has 1 unspecified atom stereocenters. The summed E-state index contributed by atoms with van der Waals surface area (Å²) >= 11 is 0. The van der Waals surface area contributed by atoms with Crippen LogP contribution < -0.4 is 20.3 Å². The largest absolute Gasteiger partial charge is 0.458 e. The Bertz CT molecular complexity index is 1530. The number of carbonyl (C=O) groups excluding carboxylic acids is 1. The quantitative estimate of drug-likeness (QED) is 0.412. The number of rotatable bonds is 4. The number of carbonyl (C=O) groups is 1. The van der Waals surface area contributed by atoms with Crippen molar-refractivity contribution in [2.45, 2.75) is 51.1 Å². The summed E-state index contributed by atoms with van der Waals surface area (Å²) in [4.78, 5) is 31.1. The summed E-state index contributed by atoms with van der Waals surface area (Å²) in [5, 5.41) is 15.5. The van der Waals surface area contributed by atoms with Crippen molar-refractivity contribution in [1.29, 1.82) is 0 Å². The van der Waals surface area contributed by atoms with Gasteiger partial charge < -0.3 is 33.9 Å². The van der Waals surface area contributed by atoms with Gasteiger partial charge in [-0.15, -0.1) is 0 Å². The molecule has 10 heteroatoms. The summed E-state index contributed by atoms with van der Waals surface area (Å²) in [6.07, 6.45) is 0.0903. The van der Waals surface area contributed by atoms with Crippen LogP contribution in [0.2, 0.25) is 0 Å². The van der Waals surface area contributed by atoms with Gasteiger partial charge in [0.05, 0.1) is 53.7 Å². The third-order valence-electron chi connectivity index (χ3n) is 7.79. The molecule has 0 radical (unpaired) electrons. The van der Waals surface area contributed by atoms with E-state index in [0.29, 0.717) is 47.2 Å². The van der Waals surface area contributed by atoms with Gasteiger partial charge in [-0.05, 0) is 31.0 Å². The van der Waals surface area contributed by atoms with Crippen LogP contribution in [-0.4, -0.2) is 46.7 Å². The van der Waals surface area contributed by atoms with Crippen molar-refractivity contribution in [3.63, 3.8) is 0 Å². The van der Waals surface area contributed by atoms with Crippen molar-refractivity contribution in [2.75, 3.05) is 20.0 Å². The molecule has 0 bridgehead atoms. The van der Waals surface area contributed by atoms with Gasteiger partial charge in [0, 0.05) is 17.2 Å². The van der Waals surface area contributed by atoms with Crippen LogP contribution in [0.15, 0.2) is 23.0 Å². The number of fused-ring (bicyclic) bond motifs is 5. The normalized spacial score (nSPS) is 22.6. The van der Waals surface area contributed by atoms with Gasteiger partial charge in [0.2, 0.25) is 6.79 Å². The van der Waals surface area contributed by atoms with E-state index in [-0.39, 0.29) is 44.0 Å². The highest BCUT2D eigenvalue weighted by molar-refractivity contribution is 5.98. The fraction of sp³-hybridized carbons (Fsp3) is 0.423. The molecule has 4 aliphatic rings. The molecule has 0 amide bonds. The molecule has 7 rings (SSSR count). The molecule has 0 saturated carbocycles. The second-order valence-electron chi connectivity index (χ2n) is 9.78. The molecule has 4 aliphatic heterocycles. The lowest BCUT2D eigenvalue weighted by atomic mass is 9.86. The lowest BCUT2D eigenvalue weighted by Gasteiger charge is -2.31. The third kappa shape index (κ3) is 2.80. The topological polar surface area (TPSA) is 121 Å². The molecule has 186 valence electrons. The molecule has 1 saturated heterocycles. The van der Waals surface area contributed by atoms with Crippen molar-refractivity contribution >= 4 is 16.9 Å². The van der Waals surface area contributed by atoms with Gasteiger partial charge in [-0.1, -0.05) is 13.0 Å². The first-order valence-corrected chi connectivity index (χ1v) is 12.2. The second kappa shape index (κ2) is 7.52. The predicted octanol–water partition coefficient (Wildman–Crippen LogP) is 1.86. The standard InChI is InChI=1S/C26H25N3O7/c1-3-26(32)17-6-18-21-15(7-29(18)24(30)16(17)10-34-25(26)31)23-20-19(35-11-36-23)5-4-14(22(20)28-21)12(2)27-13-8-33-9-13/h4-6,12-13,27,32H,3,7-11H2,1-2H3/t12?,26-/m0/s1. The summed E-state index contributed by atoms with van der Waals surface area (Å²) in [5.41, 5.74) is 2.05. The van der Waals surface area contributed by atoms with Crippen molar-refractivity contribution < 1.29 is 28.8 Å². The number of ether oxygens (including phenoxy) is 4. The Labute approximate surface area is 205 Å². The average molecular weight is 492 g/mol. The molecule has 2 N–H and O–H groups in total. The minimum atomic E-state index is -1.87. The van der Waals surface area contributed by atoms with Crippen molar-refractivity contribution in [2.24, 2.45) is 0 Å². The van der Waals surface area contributed by atoms with Gasteiger partial charge in [0.15, 0.2) is 5.60 Å². The number of cyclic esters (lactones) is 1. The minimum absolute atomic E-state index is 0.0136. The summed E-state index contributed by atoms with van der Waals surface area (Å²) in [6.45, 7) is 5.27. The first-order chi connectivity index (χ1) is 17.4. The average Bonchev–Trinajstić information content (AvgIpc) is 3.23. The minimum Gasteiger partial charge on any atom is -0.458 e. The fourth-order valence-electron chi connectivity index (χ4n) is 5.69. The van der Waals surface area contributed by atoms with E-state index in [4.69, 9.17) is 23.9 Å². The van der Waals surface area contributed by atoms with Crippen LogP contribution in [0.1, 0.15) is 48.6 Å². The number of pyridine rings is 2. The number of hydrogen-bond acceptors (Lipinski definition) is 9. The van der Waals surface area contributed by atoms with E-state index < -0.39 is 11.6 Å². The number of nitrogens with zero attached hydrogens (tertiary/aromatic N) is 2. The summed E-state index contributed by atoms with van der Waals surface area (Å²) in [6, 6.07) is 5.92. The van der Waals surface area contributed by atoms with Gasteiger partial charge in [-0.2, -0.15) is 0 Å². The fourth-order valence-corrected chi connectivity index (χ4v) is 5.69. The molecule has 10 nitrogen and oxygen atoms in total. The third-order valence-corrected chi connectivity index (χ3v) is 7.79. The molecule has 36 heavy (non-hydrogen) atoms. The van der Waals surface area contributed by atoms with Crippen LogP contribution in [0.25, 0.3) is 22.3 Å². The Morgan fingerprint density at radius 2 is 2.06 bits per heavy atom. The lowest BCUT2D eigenvalue weighted by Crippen LogP contribution is -2.46. The van der Waals surface area contributed by atoms with Crippen LogP contribution in [-0.2, 0) is 33.0 Å². The summed E-state index contributed by atoms with van der Waals surface area (Å²) in [7, 11) is 0. The maximum Gasteiger partial charge on any atom is 0.343 e. The monoisotopic (exact) mass is 491 g/mol. The Morgan fingerprint density at radius 3 is 2.81 bits per heavy atom. The molecule has 6 heterocycles. The summed E-state index contributed by atoms with van der Waals surface area (Å²) < 4.78 is 23.9. The number of benzene rings is 1. The zero-order chi connectivity index (χ0) is 24.8. The van der Waals surface area contributed by atoms with E-state index in [1.807, 2.05) is 12.1 Å². The van der Waals surface area contributed by atoms with Gasteiger partial charge in [-0.25, -0.2) is 9.78 Å². The molecule has 1 fully saturated rings. The smallest absolute Gasteiger partial charge is 0.343 e. The number of aliphatic hydroxyl groups is 1. The Hall–Kier alpha value is -3.47. The SMILES string of the molecule is CC[C@@]1(O)C(=O)OCc2c1cc1n(c2=O)Cc2c-1nc1c(C(C)NC3COC3)ccc3c1c2OCO3. The molecule has 1 aromatic carbocycles. The van der Waals surface area contributed by atoms with Crippen LogP contribution in [0.4, 0.5) is 0 Å². The highest BCUT2D eigenvalue weighted by atomic mass is 16.7. The zero-order valence-electron chi connectivity index (χ0n) is 19.9. The van der Waals surface area contributed by atoms with Crippen molar-refractivity contribution in [3.8, 4) is 22.9 Å². The molecule has 2 atom stereocenters. The molecule has 0 aliphatic carbocycles. The first-order valence-electron chi connectivity index (χ1n) is 12.2. The first kappa shape index (κ1) is 21.8. The highest BCUT2D eigenvalue weighted by Crippen LogP contribution is 2.47. The molecule has 3 aromatic rings. The lowest BCUT2D eigenvalue weighted by molar-refractivity contribution is -0.172. The van der Waals surface area contributed by atoms with Crippen LogP contribution >= 0.6 is 0 Å². The predicted molar refractivity (Wildman–Crippen MR) is 127 cm³/mol. The van der Waals surface area contributed by atoms with E-state index in [0.717, 1.165) is 22.0 Å². The maximum absolute atomic E-state index is 13.5. The van der Waals surface area contributed by atoms with Gasteiger partial charge >= 0.3 is 5.97 Å². The van der Waals surface area contributed by atoms with E-state index in [2.05, 4.69) is 12.2 Å². The zero-order valence-corrected chi connectivity index (χ0v) is 19.9. The molecular formula is C26H25N3O7. The van der Waals surface area contributed by atoms with E-state index in [9.17, 15) is 14.7 Å². The van der Waals surface area contributed by atoms with E-state index in [1.54, 1.807) is 17.6 Å². The Morgan fingerprint density at radius 1 is 1.22 bits per heavy atom. The maximum atomic E-state index is 13.5. The molecule has 2 aromatic heterocycles. The number of aromatic nitrogens is 2. The number of hydrogen-bond donors (Lipinski definition) is 2. The number of esters is 1.